The van der Waals surface area contributed by atoms with Gasteiger partial charge in [0, 0.05) is 30.0 Å². The number of nitro groups is 1. The van der Waals surface area contributed by atoms with Gasteiger partial charge in [-0.15, -0.1) is 0 Å². The minimum Gasteiger partial charge on any atom is -0.492 e. The number of ether oxygens (including phenoxy) is 1. The Morgan fingerprint density at radius 1 is 1.29 bits per heavy atom. The first-order valence-electron chi connectivity index (χ1n) is 7.20. The summed E-state index contributed by atoms with van der Waals surface area (Å²) in [6.45, 7) is 6.71. The van der Waals surface area contributed by atoms with Crippen LogP contribution in [0.15, 0.2) is 24.3 Å². The van der Waals surface area contributed by atoms with E-state index in [1.807, 2.05) is 11.8 Å². The SMILES string of the molecule is CCC(CC)(CNCCOc1ccc([N+](=O)[O-])cc1)SC. The summed E-state index contributed by atoms with van der Waals surface area (Å²) in [5, 5.41) is 14.0. The van der Waals surface area contributed by atoms with E-state index < -0.39 is 4.92 Å². The van der Waals surface area contributed by atoms with E-state index in [0.29, 0.717) is 17.1 Å². The van der Waals surface area contributed by atoms with Crippen LogP contribution in [0.4, 0.5) is 5.69 Å². The maximum Gasteiger partial charge on any atom is 0.269 e. The van der Waals surface area contributed by atoms with Gasteiger partial charge in [0.2, 0.25) is 0 Å². The minimum absolute atomic E-state index is 0.0797. The van der Waals surface area contributed by atoms with E-state index in [1.165, 1.54) is 12.1 Å². The average Bonchev–Trinajstić information content (AvgIpc) is 2.52. The number of rotatable bonds is 10. The molecule has 0 bridgehead atoms. The van der Waals surface area contributed by atoms with Crippen molar-refractivity contribution in [3.8, 4) is 5.75 Å². The monoisotopic (exact) mass is 312 g/mol. The van der Waals surface area contributed by atoms with Crippen molar-refractivity contribution in [2.24, 2.45) is 0 Å². The summed E-state index contributed by atoms with van der Waals surface area (Å²) in [7, 11) is 0. The second-order valence-corrected chi connectivity index (χ2v) is 6.14. The summed E-state index contributed by atoms with van der Waals surface area (Å²) < 4.78 is 5.86. The fraction of sp³-hybridized carbons (Fsp3) is 0.600. The van der Waals surface area contributed by atoms with Crippen molar-refractivity contribution >= 4 is 17.4 Å². The maximum atomic E-state index is 10.5. The lowest BCUT2D eigenvalue weighted by Gasteiger charge is -2.29. The van der Waals surface area contributed by atoms with Crippen molar-refractivity contribution in [3.05, 3.63) is 34.4 Å². The minimum atomic E-state index is -0.414. The normalized spacial score (nSPS) is 11.4. The molecular formula is C15H24N2O3S. The van der Waals surface area contributed by atoms with Gasteiger partial charge >= 0.3 is 0 Å². The molecule has 0 heterocycles. The molecule has 0 saturated heterocycles. The molecule has 0 radical (unpaired) electrons. The predicted molar refractivity (Wildman–Crippen MR) is 88.3 cm³/mol. The fourth-order valence-electron chi connectivity index (χ4n) is 2.08. The molecule has 1 rings (SSSR count). The third kappa shape index (κ3) is 5.55. The van der Waals surface area contributed by atoms with Gasteiger partial charge in [0.05, 0.1) is 4.92 Å². The van der Waals surface area contributed by atoms with E-state index >= 15 is 0 Å². The Bertz CT molecular complexity index is 425. The van der Waals surface area contributed by atoms with E-state index in [4.69, 9.17) is 4.74 Å². The number of nitrogens with zero attached hydrogens (tertiary/aromatic N) is 1. The first-order chi connectivity index (χ1) is 10.1. The molecule has 0 atom stereocenters. The summed E-state index contributed by atoms with van der Waals surface area (Å²) in [6.07, 6.45) is 4.43. The van der Waals surface area contributed by atoms with Crippen LogP contribution >= 0.6 is 11.8 Å². The van der Waals surface area contributed by atoms with Crippen LogP contribution in [0.5, 0.6) is 5.75 Å². The summed E-state index contributed by atoms with van der Waals surface area (Å²) >= 11 is 1.91. The topological polar surface area (TPSA) is 64.4 Å². The number of nitro benzene ring substituents is 1. The van der Waals surface area contributed by atoms with Crippen LogP contribution in [0.25, 0.3) is 0 Å². The average molecular weight is 312 g/mol. The van der Waals surface area contributed by atoms with Gasteiger partial charge in [-0.05, 0) is 31.2 Å². The molecule has 6 heteroatoms. The Hall–Kier alpha value is -1.27. The van der Waals surface area contributed by atoms with Crippen LogP contribution in [0.3, 0.4) is 0 Å². The second kappa shape index (κ2) is 8.89. The zero-order valence-corrected chi connectivity index (χ0v) is 13.7. The zero-order valence-electron chi connectivity index (χ0n) is 12.9. The summed E-state index contributed by atoms with van der Waals surface area (Å²) in [5.41, 5.74) is 0.0797. The van der Waals surface area contributed by atoms with Gasteiger partial charge in [0.15, 0.2) is 0 Å². The lowest BCUT2D eigenvalue weighted by Crippen LogP contribution is -2.38. The molecule has 0 aliphatic rings. The van der Waals surface area contributed by atoms with Gasteiger partial charge in [0.25, 0.3) is 5.69 Å². The van der Waals surface area contributed by atoms with E-state index in [0.717, 1.165) is 25.9 Å². The van der Waals surface area contributed by atoms with Gasteiger partial charge < -0.3 is 10.1 Å². The highest BCUT2D eigenvalue weighted by atomic mass is 32.2. The number of non-ortho nitro benzene ring substituents is 1. The lowest BCUT2D eigenvalue weighted by atomic mass is 10.0. The number of benzene rings is 1. The molecule has 0 fully saturated rings. The van der Waals surface area contributed by atoms with Crippen molar-refractivity contribution in [3.63, 3.8) is 0 Å². The van der Waals surface area contributed by atoms with Crippen LogP contribution < -0.4 is 10.1 Å². The molecular weight excluding hydrogens is 288 g/mol. The number of nitrogens with one attached hydrogen (secondary N) is 1. The highest BCUT2D eigenvalue weighted by Crippen LogP contribution is 2.29. The molecule has 0 aliphatic heterocycles. The summed E-state index contributed by atoms with van der Waals surface area (Å²) in [4.78, 5) is 10.1. The first kappa shape index (κ1) is 17.8. The summed E-state index contributed by atoms with van der Waals surface area (Å²) in [5.74, 6) is 0.657. The van der Waals surface area contributed by atoms with Crippen molar-refractivity contribution in [1.29, 1.82) is 0 Å². The smallest absolute Gasteiger partial charge is 0.269 e. The fourth-order valence-corrected chi connectivity index (χ4v) is 2.91. The van der Waals surface area contributed by atoms with Gasteiger partial charge in [-0.1, -0.05) is 13.8 Å². The van der Waals surface area contributed by atoms with E-state index in [9.17, 15) is 10.1 Å². The molecule has 0 amide bonds. The molecule has 1 N–H and O–H groups in total. The highest BCUT2D eigenvalue weighted by molar-refractivity contribution is 8.00. The van der Waals surface area contributed by atoms with Crippen molar-refractivity contribution in [2.45, 2.75) is 31.4 Å². The van der Waals surface area contributed by atoms with Crippen LogP contribution in [0, 0.1) is 10.1 Å². The zero-order chi connectivity index (χ0) is 15.7. The van der Waals surface area contributed by atoms with Crippen molar-refractivity contribution < 1.29 is 9.66 Å². The molecule has 0 unspecified atom stereocenters. The van der Waals surface area contributed by atoms with Gasteiger partial charge in [0.1, 0.15) is 12.4 Å². The molecule has 0 aliphatic carbocycles. The molecule has 118 valence electrons. The van der Waals surface area contributed by atoms with Crippen LogP contribution in [-0.4, -0.2) is 35.6 Å². The number of hydrogen-bond acceptors (Lipinski definition) is 5. The van der Waals surface area contributed by atoms with Gasteiger partial charge in [-0.3, -0.25) is 10.1 Å². The molecule has 1 aromatic carbocycles. The molecule has 5 nitrogen and oxygen atoms in total. The molecule has 1 aromatic rings. The number of thioether (sulfide) groups is 1. The Balaban J connectivity index is 2.29. The third-order valence-electron chi connectivity index (χ3n) is 3.76. The Kier molecular flexibility index (Phi) is 7.53. The highest BCUT2D eigenvalue weighted by Gasteiger charge is 2.23. The van der Waals surface area contributed by atoms with Crippen LogP contribution in [-0.2, 0) is 0 Å². The number of hydrogen-bond donors (Lipinski definition) is 1. The largest absolute Gasteiger partial charge is 0.492 e. The molecule has 21 heavy (non-hydrogen) atoms. The van der Waals surface area contributed by atoms with Crippen LogP contribution in [0.2, 0.25) is 0 Å². The van der Waals surface area contributed by atoms with E-state index in [-0.39, 0.29) is 5.69 Å². The molecule has 0 aromatic heterocycles. The van der Waals surface area contributed by atoms with Crippen molar-refractivity contribution in [1.82, 2.24) is 5.32 Å². The van der Waals surface area contributed by atoms with Gasteiger partial charge in [-0.25, -0.2) is 0 Å². The predicted octanol–water partition coefficient (Wildman–Crippen LogP) is 3.49. The molecule has 0 saturated carbocycles. The maximum absolute atomic E-state index is 10.5. The van der Waals surface area contributed by atoms with Gasteiger partial charge in [-0.2, -0.15) is 11.8 Å². The van der Waals surface area contributed by atoms with E-state index in [1.54, 1.807) is 12.1 Å². The van der Waals surface area contributed by atoms with Crippen LogP contribution in [0.1, 0.15) is 26.7 Å². The van der Waals surface area contributed by atoms with E-state index in [2.05, 4.69) is 25.4 Å². The standard InChI is InChI=1S/C15H24N2O3S/c1-4-15(5-2,21-3)12-16-10-11-20-14-8-6-13(7-9-14)17(18)19/h6-9,16H,4-5,10-12H2,1-3H3. The lowest BCUT2D eigenvalue weighted by molar-refractivity contribution is -0.384. The quantitative estimate of drug-likeness (QED) is 0.407. The Morgan fingerprint density at radius 3 is 2.38 bits per heavy atom. The summed E-state index contributed by atoms with van der Waals surface area (Å²) in [6, 6.07) is 6.16. The second-order valence-electron chi connectivity index (χ2n) is 4.87. The molecule has 0 spiro atoms. The Labute approximate surface area is 130 Å². The Morgan fingerprint density at radius 2 is 1.90 bits per heavy atom. The third-order valence-corrected chi connectivity index (χ3v) is 5.35. The van der Waals surface area contributed by atoms with Crippen molar-refractivity contribution in [2.75, 3.05) is 26.0 Å². The first-order valence-corrected chi connectivity index (χ1v) is 8.42.